The first-order valence-electron chi connectivity index (χ1n) is 6.86. The van der Waals surface area contributed by atoms with Crippen molar-refractivity contribution in [3.05, 3.63) is 39.1 Å². The molecule has 12 heteroatoms. The van der Waals surface area contributed by atoms with Gasteiger partial charge in [0.1, 0.15) is 16.1 Å². The average Bonchev–Trinajstić information content (AvgIpc) is 3.11. The van der Waals surface area contributed by atoms with Crippen LogP contribution in [0.4, 0.5) is 11.4 Å². The highest BCUT2D eigenvalue weighted by atomic mass is 35.5. The van der Waals surface area contributed by atoms with E-state index in [4.69, 9.17) is 45.3 Å². The van der Waals surface area contributed by atoms with Gasteiger partial charge in [-0.2, -0.15) is 8.75 Å². The molecule has 8 nitrogen and oxygen atoms in total. The van der Waals surface area contributed by atoms with Gasteiger partial charge in [-0.1, -0.05) is 40.9 Å². The van der Waals surface area contributed by atoms with Gasteiger partial charge in [0.2, 0.25) is 0 Å². The maximum absolute atomic E-state index is 12.1. The zero-order valence-electron chi connectivity index (χ0n) is 12.6. The summed E-state index contributed by atoms with van der Waals surface area (Å²) in [5.74, 6) is -1.55. The van der Waals surface area contributed by atoms with Crippen LogP contribution in [0.25, 0.3) is 11.0 Å². The van der Waals surface area contributed by atoms with E-state index in [1.807, 2.05) is 0 Å². The number of pyridine rings is 1. The van der Waals surface area contributed by atoms with Crippen LogP contribution in [0.3, 0.4) is 0 Å². The summed E-state index contributed by atoms with van der Waals surface area (Å²) >= 11 is 18.5. The Labute approximate surface area is 165 Å². The van der Waals surface area contributed by atoms with E-state index in [1.54, 1.807) is 18.2 Å². The number of hydrogen-bond acceptors (Lipinski definition) is 8. The first-order chi connectivity index (χ1) is 12.4. The number of ether oxygens (including phenoxy) is 1. The maximum Gasteiger partial charge on any atom is 0.359 e. The van der Waals surface area contributed by atoms with Crippen molar-refractivity contribution in [1.29, 1.82) is 0 Å². The predicted octanol–water partition coefficient (Wildman–Crippen LogP) is 3.42. The second-order valence-corrected chi connectivity index (χ2v) is 6.50. The number of halogens is 3. The summed E-state index contributed by atoms with van der Waals surface area (Å²) in [6.07, 6.45) is 0. The number of benzene rings is 1. The van der Waals surface area contributed by atoms with E-state index in [9.17, 15) is 9.59 Å². The van der Waals surface area contributed by atoms with E-state index in [-0.39, 0.29) is 26.6 Å². The number of carbonyl (C=O) groups is 2. The molecule has 26 heavy (non-hydrogen) atoms. The van der Waals surface area contributed by atoms with Crippen molar-refractivity contribution in [3.8, 4) is 0 Å². The smallest absolute Gasteiger partial charge is 0.359 e. The Morgan fingerprint density at radius 1 is 1.19 bits per heavy atom. The number of hydrogen-bond donors (Lipinski definition) is 2. The Kier molecular flexibility index (Phi) is 5.42. The zero-order valence-corrected chi connectivity index (χ0v) is 15.7. The van der Waals surface area contributed by atoms with Gasteiger partial charge in [0.05, 0.1) is 28.1 Å². The molecule has 0 atom stereocenters. The minimum atomic E-state index is -0.969. The number of nitrogen functional groups attached to an aromatic ring is 1. The van der Waals surface area contributed by atoms with Gasteiger partial charge in [-0.05, 0) is 12.1 Å². The molecule has 0 spiro atoms. The number of esters is 1. The number of nitrogens with zero attached hydrogens (tertiary/aromatic N) is 3. The van der Waals surface area contributed by atoms with Gasteiger partial charge in [-0.3, -0.25) is 4.79 Å². The first kappa shape index (κ1) is 18.6. The van der Waals surface area contributed by atoms with E-state index < -0.39 is 18.5 Å². The lowest BCUT2D eigenvalue weighted by Crippen LogP contribution is -2.22. The number of rotatable bonds is 4. The van der Waals surface area contributed by atoms with Gasteiger partial charge in [-0.25, -0.2) is 9.78 Å². The number of nitrogens with one attached hydrogen (secondary N) is 1. The third kappa shape index (κ3) is 3.65. The summed E-state index contributed by atoms with van der Waals surface area (Å²) in [7, 11) is 0. The van der Waals surface area contributed by atoms with Gasteiger partial charge in [-0.15, -0.1) is 0 Å². The molecule has 3 rings (SSSR count). The monoisotopic (exact) mass is 431 g/mol. The second kappa shape index (κ2) is 7.58. The average molecular weight is 433 g/mol. The number of fused-ring (bicyclic) bond motifs is 1. The van der Waals surface area contributed by atoms with Crippen LogP contribution in [0.15, 0.2) is 18.2 Å². The van der Waals surface area contributed by atoms with Crippen LogP contribution in [0.2, 0.25) is 15.2 Å². The fraction of sp³-hybridized carbons (Fsp3) is 0.0714. The van der Waals surface area contributed by atoms with Crippen molar-refractivity contribution in [3.63, 3.8) is 0 Å². The van der Waals surface area contributed by atoms with Gasteiger partial charge in [0, 0.05) is 0 Å². The van der Waals surface area contributed by atoms with Crippen LogP contribution in [0.5, 0.6) is 0 Å². The lowest BCUT2D eigenvalue weighted by Gasteiger charge is -2.09. The van der Waals surface area contributed by atoms with Crippen LogP contribution in [0.1, 0.15) is 10.5 Å². The van der Waals surface area contributed by atoms with E-state index in [1.165, 1.54) is 0 Å². The number of nitrogens with two attached hydrogens (primary N) is 1. The topological polar surface area (TPSA) is 120 Å². The van der Waals surface area contributed by atoms with E-state index in [0.29, 0.717) is 16.7 Å². The summed E-state index contributed by atoms with van der Waals surface area (Å²) in [4.78, 5) is 27.8. The SMILES string of the molecule is Nc1c(Cl)c(Cl)nc(C(=O)OCC(=O)Nc2cccc3nsnc23)c1Cl. The molecule has 0 aliphatic carbocycles. The van der Waals surface area contributed by atoms with Crippen LogP contribution < -0.4 is 11.1 Å². The number of carbonyl (C=O) groups excluding carboxylic acids is 2. The fourth-order valence-corrected chi connectivity index (χ4v) is 3.09. The maximum atomic E-state index is 12.1. The molecule has 0 saturated heterocycles. The molecule has 2 aromatic heterocycles. The van der Waals surface area contributed by atoms with Crippen molar-refractivity contribution < 1.29 is 14.3 Å². The zero-order chi connectivity index (χ0) is 18.8. The molecule has 1 aromatic carbocycles. The van der Waals surface area contributed by atoms with Gasteiger partial charge in [0.25, 0.3) is 5.91 Å². The molecule has 0 aliphatic heterocycles. The van der Waals surface area contributed by atoms with Crippen LogP contribution in [-0.4, -0.2) is 32.2 Å². The Bertz CT molecular complexity index is 1030. The lowest BCUT2D eigenvalue weighted by atomic mass is 10.2. The van der Waals surface area contributed by atoms with Crippen molar-refractivity contribution in [2.24, 2.45) is 0 Å². The Hall–Kier alpha value is -2.20. The van der Waals surface area contributed by atoms with E-state index in [0.717, 1.165) is 11.7 Å². The Morgan fingerprint density at radius 3 is 2.73 bits per heavy atom. The molecule has 0 fully saturated rings. The highest BCUT2D eigenvalue weighted by molar-refractivity contribution is 7.00. The summed E-state index contributed by atoms with van der Waals surface area (Å²) in [5, 5.41) is 2.11. The molecule has 3 aromatic rings. The van der Waals surface area contributed by atoms with Gasteiger partial charge >= 0.3 is 5.97 Å². The molecule has 0 unspecified atom stereocenters. The van der Waals surface area contributed by atoms with Gasteiger partial charge in [0.15, 0.2) is 17.5 Å². The third-order valence-corrected chi connectivity index (χ3v) is 4.84. The second-order valence-electron chi connectivity index (χ2n) is 4.85. The number of aromatic nitrogens is 3. The number of amides is 1. The highest BCUT2D eigenvalue weighted by Gasteiger charge is 2.22. The molecule has 0 bridgehead atoms. The van der Waals surface area contributed by atoms with E-state index in [2.05, 4.69) is 19.0 Å². The molecule has 0 saturated carbocycles. The summed E-state index contributed by atoms with van der Waals surface area (Å²) in [6.45, 7) is -0.578. The summed E-state index contributed by atoms with van der Waals surface area (Å²) in [6, 6.07) is 5.13. The van der Waals surface area contributed by atoms with Crippen LogP contribution >= 0.6 is 46.5 Å². The van der Waals surface area contributed by atoms with Crippen LogP contribution in [0, 0.1) is 0 Å². The number of anilines is 2. The van der Waals surface area contributed by atoms with Crippen molar-refractivity contribution in [1.82, 2.24) is 13.7 Å². The predicted molar refractivity (Wildman–Crippen MR) is 100 cm³/mol. The molecule has 0 aliphatic rings. The molecular weight excluding hydrogens is 425 g/mol. The summed E-state index contributed by atoms with van der Waals surface area (Å²) in [5.41, 5.74) is 6.83. The minimum Gasteiger partial charge on any atom is -0.451 e. The van der Waals surface area contributed by atoms with Crippen molar-refractivity contribution >= 4 is 80.8 Å². The Morgan fingerprint density at radius 2 is 1.96 bits per heavy atom. The first-order valence-corrected chi connectivity index (χ1v) is 8.73. The van der Waals surface area contributed by atoms with Crippen molar-refractivity contribution in [2.75, 3.05) is 17.7 Å². The standard InChI is InChI=1S/C14H8Cl3N5O3S/c15-8-10(18)9(16)13(17)20-12(8)14(24)25-4-7(23)19-5-2-1-3-6-11(5)22-26-21-6/h1-3H,4H2,(H2,18,20)(H,19,23). The highest BCUT2D eigenvalue weighted by Crippen LogP contribution is 2.34. The molecular formula is C14H8Cl3N5O3S. The molecule has 134 valence electrons. The van der Waals surface area contributed by atoms with Gasteiger partial charge < -0.3 is 15.8 Å². The van der Waals surface area contributed by atoms with E-state index >= 15 is 0 Å². The molecule has 2 heterocycles. The normalized spacial score (nSPS) is 10.7. The van der Waals surface area contributed by atoms with Crippen LogP contribution in [-0.2, 0) is 9.53 Å². The summed E-state index contributed by atoms with van der Waals surface area (Å²) < 4.78 is 13.1. The fourth-order valence-electron chi connectivity index (χ4n) is 1.96. The molecule has 3 N–H and O–H groups in total. The Balaban J connectivity index is 1.68. The lowest BCUT2D eigenvalue weighted by molar-refractivity contribution is -0.119. The minimum absolute atomic E-state index is 0.0732. The quantitative estimate of drug-likeness (QED) is 0.478. The third-order valence-electron chi connectivity index (χ3n) is 3.16. The largest absolute Gasteiger partial charge is 0.451 e. The molecule has 0 radical (unpaired) electrons. The molecule has 1 amide bonds. The van der Waals surface area contributed by atoms with Crippen molar-refractivity contribution in [2.45, 2.75) is 0 Å².